The van der Waals surface area contributed by atoms with Gasteiger partial charge in [-0.25, -0.2) is 22.5 Å². The van der Waals surface area contributed by atoms with Gasteiger partial charge < -0.3 is 5.73 Å². The van der Waals surface area contributed by atoms with E-state index in [0.717, 1.165) is 6.07 Å². The number of nitrogens with one attached hydrogen (secondary N) is 1. The van der Waals surface area contributed by atoms with Crippen LogP contribution in [0.1, 0.15) is 11.6 Å². The Balaban J connectivity index is 2.30. The summed E-state index contributed by atoms with van der Waals surface area (Å²) in [6, 6.07) is 10.6. The minimum atomic E-state index is -4.07. The first-order chi connectivity index (χ1) is 9.54. The van der Waals surface area contributed by atoms with E-state index >= 15 is 0 Å². The summed E-state index contributed by atoms with van der Waals surface area (Å²) in [6.45, 7) is 0.0533. The van der Waals surface area contributed by atoms with E-state index in [0.29, 0.717) is 5.56 Å². The van der Waals surface area contributed by atoms with Crippen molar-refractivity contribution in [3.8, 4) is 0 Å². The highest BCUT2D eigenvalue weighted by atomic mass is 32.2. The Kier molecular flexibility index (Phi) is 4.43. The molecule has 0 bridgehead atoms. The van der Waals surface area contributed by atoms with Crippen molar-refractivity contribution in [2.24, 2.45) is 5.73 Å². The molecule has 106 valence electrons. The molecule has 1 aromatic heterocycles. The SMILES string of the molecule is NCC(NS(=O)(=O)c1ncccc1F)c1ccccc1. The molecule has 0 aliphatic carbocycles. The summed E-state index contributed by atoms with van der Waals surface area (Å²) in [5, 5.41) is -0.630. The molecular formula is C13H14FN3O2S. The van der Waals surface area contributed by atoms with Crippen LogP contribution in [-0.4, -0.2) is 19.9 Å². The average Bonchev–Trinajstić information content (AvgIpc) is 2.46. The molecule has 3 N–H and O–H groups in total. The maximum atomic E-state index is 13.5. The van der Waals surface area contributed by atoms with Crippen LogP contribution in [0.5, 0.6) is 0 Å². The summed E-state index contributed by atoms with van der Waals surface area (Å²) in [5.41, 5.74) is 6.29. The van der Waals surface area contributed by atoms with Crippen LogP contribution in [0.3, 0.4) is 0 Å². The summed E-state index contributed by atoms with van der Waals surface area (Å²) in [6.07, 6.45) is 1.22. The molecule has 0 aliphatic heterocycles. The molecule has 0 saturated carbocycles. The normalized spacial score (nSPS) is 13.1. The Hall–Kier alpha value is -1.83. The zero-order chi connectivity index (χ0) is 14.6. The predicted molar refractivity (Wildman–Crippen MR) is 72.8 cm³/mol. The standard InChI is InChI=1S/C13H14FN3O2S/c14-11-7-4-8-16-13(11)20(18,19)17-12(9-15)10-5-2-1-3-6-10/h1-8,12,17H,9,15H2. The largest absolute Gasteiger partial charge is 0.329 e. The lowest BCUT2D eigenvalue weighted by Crippen LogP contribution is -2.34. The fourth-order valence-corrected chi connectivity index (χ4v) is 2.99. The Labute approximate surface area is 116 Å². The molecule has 0 spiro atoms. The molecule has 0 saturated heterocycles. The molecule has 1 atom stereocenters. The number of hydrogen-bond donors (Lipinski definition) is 2. The third-order valence-electron chi connectivity index (χ3n) is 2.71. The number of rotatable bonds is 5. The maximum Gasteiger partial charge on any atom is 0.261 e. The molecule has 7 heteroatoms. The van der Waals surface area contributed by atoms with Gasteiger partial charge in [0.1, 0.15) is 0 Å². The fourth-order valence-electron chi connectivity index (χ4n) is 1.75. The minimum Gasteiger partial charge on any atom is -0.329 e. The highest BCUT2D eigenvalue weighted by Gasteiger charge is 2.24. The van der Waals surface area contributed by atoms with Crippen LogP contribution in [0.25, 0.3) is 0 Å². The number of benzene rings is 1. The maximum absolute atomic E-state index is 13.5. The van der Waals surface area contributed by atoms with E-state index in [1.165, 1.54) is 12.3 Å². The van der Waals surface area contributed by atoms with Crippen molar-refractivity contribution in [1.29, 1.82) is 0 Å². The lowest BCUT2D eigenvalue weighted by molar-refractivity contribution is 0.531. The van der Waals surface area contributed by atoms with Crippen molar-refractivity contribution in [1.82, 2.24) is 9.71 Å². The fraction of sp³-hybridized carbons (Fsp3) is 0.154. The van der Waals surface area contributed by atoms with Gasteiger partial charge in [-0.2, -0.15) is 0 Å². The highest BCUT2D eigenvalue weighted by molar-refractivity contribution is 7.89. The molecule has 1 aromatic carbocycles. The smallest absolute Gasteiger partial charge is 0.261 e. The molecule has 0 fully saturated rings. The summed E-state index contributed by atoms with van der Waals surface area (Å²) in [5.74, 6) is -0.899. The van der Waals surface area contributed by atoms with Gasteiger partial charge in [-0.15, -0.1) is 0 Å². The van der Waals surface area contributed by atoms with Crippen LogP contribution in [0.15, 0.2) is 53.7 Å². The van der Waals surface area contributed by atoms with Gasteiger partial charge in [-0.3, -0.25) is 0 Å². The molecule has 0 aliphatic rings. The van der Waals surface area contributed by atoms with Crippen molar-refractivity contribution >= 4 is 10.0 Å². The van der Waals surface area contributed by atoms with E-state index in [2.05, 4.69) is 9.71 Å². The molecule has 1 heterocycles. The lowest BCUT2D eigenvalue weighted by Gasteiger charge is -2.17. The highest BCUT2D eigenvalue weighted by Crippen LogP contribution is 2.16. The monoisotopic (exact) mass is 295 g/mol. The number of hydrogen-bond acceptors (Lipinski definition) is 4. The summed E-state index contributed by atoms with van der Waals surface area (Å²) < 4.78 is 40.1. The van der Waals surface area contributed by atoms with E-state index in [1.54, 1.807) is 24.3 Å². The second-order valence-corrected chi connectivity index (χ2v) is 5.74. The van der Waals surface area contributed by atoms with Crippen molar-refractivity contribution in [2.75, 3.05) is 6.54 Å². The first-order valence-corrected chi connectivity index (χ1v) is 7.41. The molecule has 5 nitrogen and oxygen atoms in total. The average molecular weight is 295 g/mol. The number of nitrogens with zero attached hydrogens (tertiary/aromatic N) is 1. The first-order valence-electron chi connectivity index (χ1n) is 5.92. The van der Waals surface area contributed by atoms with Gasteiger partial charge in [-0.05, 0) is 17.7 Å². The lowest BCUT2D eigenvalue weighted by atomic mass is 10.1. The second kappa shape index (κ2) is 6.08. The molecular weight excluding hydrogens is 281 g/mol. The van der Waals surface area contributed by atoms with Gasteiger partial charge in [0.2, 0.25) is 5.03 Å². The van der Waals surface area contributed by atoms with Crippen LogP contribution in [0, 0.1) is 5.82 Å². The summed E-state index contributed by atoms with van der Waals surface area (Å²) >= 11 is 0. The molecule has 0 amide bonds. The molecule has 0 radical (unpaired) electrons. The Morgan fingerprint density at radius 2 is 1.90 bits per heavy atom. The van der Waals surface area contributed by atoms with E-state index in [4.69, 9.17) is 5.73 Å². The molecule has 2 rings (SSSR count). The van der Waals surface area contributed by atoms with E-state index in [9.17, 15) is 12.8 Å². The van der Waals surface area contributed by atoms with Crippen LogP contribution < -0.4 is 10.5 Å². The van der Waals surface area contributed by atoms with Crippen LogP contribution in [0.4, 0.5) is 4.39 Å². The molecule has 2 aromatic rings. The van der Waals surface area contributed by atoms with Crippen molar-refractivity contribution in [3.05, 3.63) is 60.0 Å². The minimum absolute atomic E-state index is 0.0533. The number of halogens is 1. The van der Waals surface area contributed by atoms with Gasteiger partial charge in [0.05, 0.1) is 6.04 Å². The van der Waals surface area contributed by atoms with Crippen LogP contribution in [0.2, 0.25) is 0 Å². The Bertz CT molecular complexity index is 677. The van der Waals surface area contributed by atoms with E-state index in [-0.39, 0.29) is 6.54 Å². The Morgan fingerprint density at radius 1 is 1.20 bits per heavy atom. The topological polar surface area (TPSA) is 85.1 Å². The van der Waals surface area contributed by atoms with Crippen molar-refractivity contribution in [2.45, 2.75) is 11.1 Å². The third-order valence-corrected chi connectivity index (χ3v) is 4.12. The Morgan fingerprint density at radius 3 is 2.50 bits per heavy atom. The predicted octanol–water partition coefficient (Wildman–Crippen LogP) is 1.20. The van der Waals surface area contributed by atoms with Gasteiger partial charge in [0.25, 0.3) is 10.0 Å². The first kappa shape index (κ1) is 14.6. The number of sulfonamides is 1. The summed E-state index contributed by atoms with van der Waals surface area (Å²) in [7, 11) is -4.07. The van der Waals surface area contributed by atoms with Gasteiger partial charge >= 0.3 is 0 Å². The quantitative estimate of drug-likeness (QED) is 0.868. The van der Waals surface area contributed by atoms with Gasteiger partial charge in [0, 0.05) is 12.7 Å². The van der Waals surface area contributed by atoms with Gasteiger partial charge in [0.15, 0.2) is 5.82 Å². The molecule has 1 unspecified atom stereocenters. The zero-order valence-electron chi connectivity index (χ0n) is 10.5. The van der Waals surface area contributed by atoms with E-state index in [1.807, 2.05) is 6.07 Å². The van der Waals surface area contributed by atoms with Crippen LogP contribution in [-0.2, 0) is 10.0 Å². The van der Waals surface area contributed by atoms with Gasteiger partial charge in [-0.1, -0.05) is 30.3 Å². The zero-order valence-corrected chi connectivity index (χ0v) is 11.3. The van der Waals surface area contributed by atoms with Crippen LogP contribution >= 0.6 is 0 Å². The second-order valence-electron chi connectivity index (χ2n) is 4.11. The van der Waals surface area contributed by atoms with Crippen molar-refractivity contribution in [3.63, 3.8) is 0 Å². The third kappa shape index (κ3) is 3.19. The number of pyridine rings is 1. The number of nitrogens with two attached hydrogens (primary N) is 1. The molecule has 20 heavy (non-hydrogen) atoms. The summed E-state index contributed by atoms with van der Waals surface area (Å²) in [4.78, 5) is 3.56. The van der Waals surface area contributed by atoms with Crippen molar-refractivity contribution < 1.29 is 12.8 Å². The van der Waals surface area contributed by atoms with E-state index < -0.39 is 26.9 Å². The number of aromatic nitrogens is 1.